The molecule has 5 nitrogen and oxygen atoms in total. The lowest BCUT2D eigenvalue weighted by atomic mass is 10.8. The predicted octanol–water partition coefficient (Wildman–Crippen LogP) is -2.15. The van der Waals surface area contributed by atoms with E-state index >= 15 is 0 Å². The molecule has 6 heteroatoms. The van der Waals surface area contributed by atoms with Crippen LogP contribution in [0.15, 0.2) is 0 Å². The number of amides is 1. The zero-order valence-electron chi connectivity index (χ0n) is 5.41. The third-order valence-corrected chi connectivity index (χ3v) is 2.37. The molecule has 0 radical (unpaired) electrons. The predicted molar refractivity (Wildman–Crippen MR) is 36.9 cm³/mol. The Balaban J connectivity index is 4.02. The van der Waals surface area contributed by atoms with Crippen molar-refractivity contribution in [3.8, 4) is 0 Å². The molecular weight excluding hydrogens is 156 g/mol. The zero-order chi connectivity index (χ0) is 8.20. The van der Waals surface area contributed by atoms with Crippen LogP contribution in [0.2, 0.25) is 0 Å². The van der Waals surface area contributed by atoms with E-state index in [2.05, 4.69) is 5.73 Å². The molecule has 0 aromatic heterocycles. The summed E-state index contributed by atoms with van der Waals surface area (Å²) >= 11 is 0. The van der Waals surface area contributed by atoms with Gasteiger partial charge in [0.15, 0.2) is 9.84 Å². The second kappa shape index (κ2) is 3.52. The molecule has 4 N–H and O–H groups in total. The van der Waals surface area contributed by atoms with Crippen molar-refractivity contribution in [1.82, 2.24) is 0 Å². The van der Waals surface area contributed by atoms with Crippen molar-refractivity contribution in [2.45, 2.75) is 0 Å². The number of hydrogen-bond acceptors (Lipinski definition) is 4. The number of primary amides is 1. The fourth-order valence-corrected chi connectivity index (χ4v) is 1.41. The average molecular weight is 166 g/mol. The van der Waals surface area contributed by atoms with Gasteiger partial charge in [-0.25, -0.2) is 8.42 Å². The molecule has 0 spiro atoms. The highest BCUT2D eigenvalue weighted by Gasteiger charge is 2.12. The highest BCUT2D eigenvalue weighted by atomic mass is 32.2. The highest BCUT2D eigenvalue weighted by Crippen LogP contribution is 1.85. The summed E-state index contributed by atoms with van der Waals surface area (Å²) in [6, 6.07) is 0. The Morgan fingerprint density at radius 1 is 1.40 bits per heavy atom. The van der Waals surface area contributed by atoms with Crippen molar-refractivity contribution in [3.05, 3.63) is 0 Å². The average Bonchev–Trinajstić information content (AvgIpc) is 1.59. The van der Waals surface area contributed by atoms with Gasteiger partial charge in [-0.05, 0) is 0 Å². The Kier molecular flexibility index (Phi) is 3.31. The summed E-state index contributed by atoms with van der Waals surface area (Å²) in [5.41, 5.74) is 9.61. The summed E-state index contributed by atoms with van der Waals surface area (Å²) in [5.74, 6) is -1.63. The summed E-state index contributed by atoms with van der Waals surface area (Å²) in [6.07, 6.45) is 0. The van der Waals surface area contributed by atoms with Gasteiger partial charge in [0.05, 0.1) is 5.75 Å². The van der Waals surface area contributed by atoms with Crippen LogP contribution in [0.5, 0.6) is 0 Å². The number of carbonyl (C=O) groups excluding carboxylic acids is 1. The zero-order valence-corrected chi connectivity index (χ0v) is 6.23. The van der Waals surface area contributed by atoms with Gasteiger partial charge < -0.3 is 11.5 Å². The number of nitrogens with two attached hydrogens (primary N) is 2. The van der Waals surface area contributed by atoms with E-state index in [4.69, 9.17) is 5.73 Å². The lowest BCUT2D eigenvalue weighted by molar-refractivity contribution is -0.115. The highest BCUT2D eigenvalue weighted by molar-refractivity contribution is 7.92. The summed E-state index contributed by atoms with van der Waals surface area (Å²) in [7, 11) is -3.33. The van der Waals surface area contributed by atoms with Gasteiger partial charge in [0.2, 0.25) is 5.91 Å². The molecule has 0 aromatic carbocycles. The second-order valence-corrected chi connectivity index (χ2v) is 4.03. The first-order valence-corrected chi connectivity index (χ1v) is 4.49. The summed E-state index contributed by atoms with van der Waals surface area (Å²) in [5, 5.41) is 0. The molecule has 0 rings (SSSR count). The molecular formula is C4H10N2O3S. The summed E-state index contributed by atoms with van der Waals surface area (Å²) in [6.45, 7) is 0.0234. The SMILES string of the molecule is NCCS(=O)(=O)CC(N)=O. The third kappa shape index (κ3) is 4.28. The molecule has 0 saturated carbocycles. The molecule has 60 valence electrons. The molecule has 0 saturated heterocycles. The molecule has 1 amide bonds. The number of rotatable bonds is 4. The first-order valence-electron chi connectivity index (χ1n) is 2.67. The van der Waals surface area contributed by atoms with Crippen molar-refractivity contribution < 1.29 is 13.2 Å². The molecule has 0 heterocycles. The van der Waals surface area contributed by atoms with Crippen LogP contribution in [-0.2, 0) is 14.6 Å². The minimum Gasteiger partial charge on any atom is -0.369 e. The van der Waals surface area contributed by atoms with E-state index in [9.17, 15) is 13.2 Å². The minimum atomic E-state index is -3.33. The van der Waals surface area contributed by atoms with Gasteiger partial charge in [-0.15, -0.1) is 0 Å². The molecule has 0 fully saturated rings. The number of hydrogen-bond donors (Lipinski definition) is 2. The Bertz CT molecular complexity index is 209. The van der Waals surface area contributed by atoms with Crippen LogP contribution in [0.3, 0.4) is 0 Å². The molecule has 0 unspecified atom stereocenters. The Morgan fingerprint density at radius 2 is 1.90 bits per heavy atom. The van der Waals surface area contributed by atoms with E-state index in [1.165, 1.54) is 0 Å². The van der Waals surface area contributed by atoms with Gasteiger partial charge in [0, 0.05) is 6.54 Å². The van der Waals surface area contributed by atoms with E-state index in [1.807, 2.05) is 0 Å². The van der Waals surface area contributed by atoms with Crippen LogP contribution in [-0.4, -0.2) is 32.4 Å². The maximum Gasteiger partial charge on any atom is 0.232 e. The van der Waals surface area contributed by atoms with E-state index in [0.29, 0.717) is 0 Å². The largest absolute Gasteiger partial charge is 0.369 e. The van der Waals surface area contributed by atoms with Gasteiger partial charge in [-0.3, -0.25) is 4.79 Å². The molecule has 0 aromatic rings. The molecule has 0 aliphatic heterocycles. The van der Waals surface area contributed by atoms with E-state index in [-0.39, 0.29) is 12.3 Å². The van der Waals surface area contributed by atoms with E-state index < -0.39 is 21.5 Å². The first-order chi connectivity index (χ1) is 4.48. The monoisotopic (exact) mass is 166 g/mol. The molecule has 0 bridgehead atoms. The third-order valence-electron chi connectivity index (χ3n) is 0.791. The maximum atomic E-state index is 10.7. The Labute approximate surface area is 59.3 Å². The summed E-state index contributed by atoms with van der Waals surface area (Å²) in [4.78, 5) is 10.1. The van der Waals surface area contributed by atoms with Crippen LogP contribution in [0.1, 0.15) is 0 Å². The van der Waals surface area contributed by atoms with Gasteiger partial charge in [-0.1, -0.05) is 0 Å². The lowest BCUT2D eigenvalue weighted by Gasteiger charge is -1.96. The van der Waals surface area contributed by atoms with Crippen molar-refractivity contribution in [2.75, 3.05) is 18.1 Å². The first kappa shape index (κ1) is 9.38. The number of carbonyl (C=O) groups is 1. The van der Waals surface area contributed by atoms with Crippen molar-refractivity contribution in [1.29, 1.82) is 0 Å². The van der Waals surface area contributed by atoms with Crippen LogP contribution >= 0.6 is 0 Å². The second-order valence-electron chi connectivity index (χ2n) is 1.85. The Hall–Kier alpha value is -0.620. The molecule has 10 heavy (non-hydrogen) atoms. The van der Waals surface area contributed by atoms with Crippen molar-refractivity contribution in [2.24, 2.45) is 11.5 Å². The van der Waals surface area contributed by atoms with Gasteiger partial charge in [0.1, 0.15) is 5.75 Å². The summed E-state index contributed by atoms with van der Waals surface area (Å²) < 4.78 is 21.3. The van der Waals surface area contributed by atoms with Crippen molar-refractivity contribution in [3.63, 3.8) is 0 Å². The fraction of sp³-hybridized carbons (Fsp3) is 0.750. The van der Waals surface area contributed by atoms with Crippen LogP contribution in [0.25, 0.3) is 0 Å². The van der Waals surface area contributed by atoms with Gasteiger partial charge in [-0.2, -0.15) is 0 Å². The smallest absolute Gasteiger partial charge is 0.232 e. The lowest BCUT2D eigenvalue weighted by Crippen LogP contribution is -2.27. The molecule has 0 atom stereocenters. The Morgan fingerprint density at radius 3 is 2.20 bits per heavy atom. The number of sulfone groups is 1. The van der Waals surface area contributed by atoms with E-state index in [1.54, 1.807) is 0 Å². The van der Waals surface area contributed by atoms with Crippen LogP contribution in [0, 0.1) is 0 Å². The normalized spacial score (nSPS) is 11.3. The molecule has 0 aliphatic rings. The topological polar surface area (TPSA) is 103 Å². The fourth-order valence-electron chi connectivity index (χ4n) is 0.468. The van der Waals surface area contributed by atoms with Gasteiger partial charge in [0.25, 0.3) is 0 Å². The van der Waals surface area contributed by atoms with Gasteiger partial charge >= 0.3 is 0 Å². The van der Waals surface area contributed by atoms with E-state index in [0.717, 1.165) is 0 Å². The minimum absolute atomic E-state index is 0.0234. The van der Waals surface area contributed by atoms with Crippen LogP contribution < -0.4 is 11.5 Å². The molecule has 0 aliphatic carbocycles. The standard InChI is InChI=1S/C4H10N2O3S/c5-1-2-10(8,9)3-4(6)7/h1-3,5H2,(H2,6,7). The maximum absolute atomic E-state index is 10.7. The quantitative estimate of drug-likeness (QED) is 0.496. The van der Waals surface area contributed by atoms with Crippen LogP contribution in [0.4, 0.5) is 0 Å². The van der Waals surface area contributed by atoms with Crippen molar-refractivity contribution >= 4 is 15.7 Å².